The van der Waals surface area contributed by atoms with Crippen molar-refractivity contribution in [3.63, 3.8) is 0 Å². The molecule has 0 heterocycles. The van der Waals surface area contributed by atoms with Crippen molar-refractivity contribution in [2.24, 2.45) is 11.7 Å². The van der Waals surface area contributed by atoms with Crippen molar-refractivity contribution >= 4 is 0 Å². The second-order valence-electron chi connectivity index (χ2n) is 5.34. The molecular formula is C17H37N. The Labute approximate surface area is 116 Å². The summed E-state index contributed by atoms with van der Waals surface area (Å²) in [6, 6.07) is 0. The number of rotatable bonds is 11. The molecule has 0 aromatic carbocycles. The summed E-state index contributed by atoms with van der Waals surface area (Å²) < 4.78 is 0. The molecule has 1 heteroatoms. The fraction of sp³-hybridized carbons (Fsp3) is 0.882. The smallest absolute Gasteiger partial charge is 0.00400 e. The zero-order chi connectivity index (χ0) is 14.2. The average Bonchev–Trinajstić information content (AvgIpc) is 2.35. The summed E-state index contributed by atoms with van der Waals surface area (Å²) >= 11 is 0. The van der Waals surface area contributed by atoms with E-state index in [-0.39, 0.29) is 0 Å². The minimum atomic E-state index is 0.758. The summed E-state index contributed by atoms with van der Waals surface area (Å²) in [5.41, 5.74) is 6.81. The van der Waals surface area contributed by atoms with E-state index in [0.717, 1.165) is 18.9 Å². The van der Waals surface area contributed by atoms with Crippen LogP contribution in [0.5, 0.6) is 0 Å². The van der Waals surface area contributed by atoms with Gasteiger partial charge in [0, 0.05) is 0 Å². The van der Waals surface area contributed by atoms with E-state index in [9.17, 15) is 0 Å². The quantitative estimate of drug-likeness (QED) is 0.372. The highest BCUT2D eigenvalue weighted by Gasteiger charge is 1.96. The van der Waals surface area contributed by atoms with Crippen molar-refractivity contribution in [2.45, 2.75) is 85.5 Å². The Bertz CT molecular complexity index is 161. The zero-order valence-corrected chi connectivity index (χ0v) is 13.4. The van der Waals surface area contributed by atoms with Crippen LogP contribution in [-0.4, -0.2) is 6.54 Å². The summed E-state index contributed by atoms with van der Waals surface area (Å²) in [7, 11) is 0. The van der Waals surface area contributed by atoms with Crippen molar-refractivity contribution in [3.05, 3.63) is 12.2 Å². The van der Waals surface area contributed by atoms with E-state index >= 15 is 0 Å². The maximum absolute atomic E-state index is 5.48. The lowest BCUT2D eigenvalue weighted by molar-refractivity contribution is 0.511. The van der Waals surface area contributed by atoms with Crippen LogP contribution < -0.4 is 5.73 Å². The average molecular weight is 255 g/mol. The first-order valence-corrected chi connectivity index (χ1v) is 8.03. The molecule has 0 saturated carbocycles. The molecule has 18 heavy (non-hydrogen) atoms. The Morgan fingerprint density at radius 1 is 0.889 bits per heavy atom. The Morgan fingerprint density at radius 3 is 1.89 bits per heavy atom. The first-order valence-electron chi connectivity index (χ1n) is 8.03. The first-order chi connectivity index (χ1) is 8.66. The molecular weight excluding hydrogens is 218 g/mol. The standard InChI is InChI=1S/C15H31N.C2H6/c1-14(2)10-8-6-4-5-7-9-11-15(3)12-13-16;1-2/h14H,3-13,16H2,1-2H3;1-2H3. The Balaban J connectivity index is 0. The third-order valence-corrected chi connectivity index (χ3v) is 3.06. The summed E-state index contributed by atoms with van der Waals surface area (Å²) in [5.74, 6) is 0.875. The predicted molar refractivity (Wildman–Crippen MR) is 85.9 cm³/mol. The fourth-order valence-electron chi connectivity index (χ4n) is 1.96. The molecule has 0 bridgehead atoms. The largest absolute Gasteiger partial charge is 0.330 e. The van der Waals surface area contributed by atoms with E-state index < -0.39 is 0 Å². The Hall–Kier alpha value is -0.300. The van der Waals surface area contributed by atoms with Crippen LogP contribution >= 0.6 is 0 Å². The number of nitrogens with two attached hydrogens (primary N) is 1. The molecule has 110 valence electrons. The van der Waals surface area contributed by atoms with Gasteiger partial charge < -0.3 is 5.73 Å². The van der Waals surface area contributed by atoms with Gasteiger partial charge in [-0.1, -0.05) is 78.4 Å². The van der Waals surface area contributed by atoms with Crippen LogP contribution in [0.15, 0.2) is 12.2 Å². The van der Waals surface area contributed by atoms with E-state index in [4.69, 9.17) is 5.73 Å². The van der Waals surface area contributed by atoms with Gasteiger partial charge in [0.15, 0.2) is 0 Å². The lowest BCUT2D eigenvalue weighted by atomic mass is 10.0. The monoisotopic (exact) mass is 255 g/mol. The van der Waals surface area contributed by atoms with Gasteiger partial charge in [-0.3, -0.25) is 0 Å². The number of unbranched alkanes of at least 4 members (excludes halogenated alkanes) is 5. The fourth-order valence-corrected chi connectivity index (χ4v) is 1.96. The van der Waals surface area contributed by atoms with Gasteiger partial charge in [-0.05, 0) is 31.7 Å². The van der Waals surface area contributed by atoms with Crippen LogP contribution in [0.1, 0.15) is 85.5 Å². The van der Waals surface area contributed by atoms with Gasteiger partial charge in [-0.15, -0.1) is 0 Å². The minimum Gasteiger partial charge on any atom is -0.330 e. The molecule has 0 rings (SSSR count). The van der Waals surface area contributed by atoms with Gasteiger partial charge in [-0.2, -0.15) is 0 Å². The van der Waals surface area contributed by atoms with Crippen molar-refractivity contribution in [1.29, 1.82) is 0 Å². The van der Waals surface area contributed by atoms with Gasteiger partial charge in [0.25, 0.3) is 0 Å². The molecule has 1 nitrogen and oxygen atoms in total. The predicted octanol–water partition coefficient (Wildman–Crippen LogP) is 5.69. The molecule has 2 N–H and O–H groups in total. The highest BCUT2D eigenvalue weighted by atomic mass is 14.5. The lowest BCUT2D eigenvalue weighted by Gasteiger charge is -2.05. The summed E-state index contributed by atoms with van der Waals surface area (Å²) in [5, 5.41) is 0. The second-order valence-corrected chi connectivity index (χ2v) is 5.34. The molecule has 0 unspecified atom stereocenters. The Morgan fingerprint density at radius 2 is 1.39 bits per heavy atom. The van der Waals surface area contributed by atoms with Crippen molar-refractivity contribution in [1.82, 2.24) is 0 Å². The van der Waals surface area contributed by atoms with Crippen LogP contribution in [0.3, 0.4) is 0 Å². The van der Waals surface area contributed by atoms with Crippen molar-refractivity contribution in [2.75, 3.05) is 6.54 Å². The summed E-state index contributed by atoms with van der Waals surface area (Å²) in [6.07, 6.45) is 11.9. The van der Waals surface area contributed by atoms with Gasteiger partial charge in [-0.25, -0.2) is 0 Å². The molecule has 0 fully saturated rings. The van der Waals surface area contributed by atoms with E-state index in [0.29, 0.717) is 0 Å². The maximum Gasteiger partial charge on any atom is -0.00400 e. The van der Waals surface area contributed by atoms with Crippen LogP contribution in [-0.2, 0) is 0 Å². The summed E-state index contributed by atoms with van der Waals surface area (Å²) in [4.78, 5) is 0. The molecule has 0 atom stereocenters. The topological polar surface area (TPSA) is 26.0 Å². The molecule has 0 aromatic rings. The number of hydrogen-bond donors (Lipinski definition) is 1. The van der Waals surface area contributed by atoms with E-state index in [1.165, 1.54) is 56.9 Å². The molecule has 0 aliphatic heterocycles. The van der Waals surface area contributed by atoms with Crippen molar-refractivity contribution < 1.29 is 0 Å². The molecule has 0 saturated heterocycles. The third kappa shape index (κ3) is 18.1. The Kier molecular flexibility index (Phi) is 18.6. The van der Waals surface area contributed by atoms with Crippen LogP contribution in [0.2, 0.25) is 0 Å². The normalized spacial score (nSPS) is 10.1. The SMILES string of the molecule is C=C(CCN)CCCCCCCCC(C)C.CC. The molecule has 0 spiro atoms. The molecule has 0 aliphatic rings. The van der Waals surface area contributed by atoms with Gasteiger partial charge in [0.05, 0.1) is 0 Å². The highest BCUT2D eigenvalue weighted by Crippen LogP contribution is 2.14. The first kappa shape index (κ1) is 20.0. The van der Waals surface area contributed by atoms with E-state index in [2.05, 4.69) is 20.4 Å². The molecule has 0 radical (unpaired) electrons. The molecule has 0 aromatic heterocycles. The molecule has 0 aliphatic carbocycles. The number of hydrogen-bond acceptors (Lipinski definition) is 1. The van der Waals surface area contributed by atoms with Crippen LogP contribution in [0.4, 0.5) is 0 Å². The van der Waals surface area contributed by atoms with Gasteiger partial charge >= 0.3 is 0 Å². The van der Waals surface area contributed by atoms with E-state index in [1.807, 2.05) is 13.8 Å². The second kappa shape index (κ2) is 16.7. The van der Waals surface area contributed by atoms with Crippen LogP contribution in [0.25, 0.3) is 0 Å². The van der Waals surface area contributed by atoms with Crippen LogP contribution in [0, 0.1) is 5.92 Å². The zero-order valence-electron chi connectivity index (χ0n) is 13.4. The van der Waals surface area contributed by atoms with Gasteiger partial charge in [0.1, 0.15) is 0 Å². The minimum absolute atomic E-state index is 0.758. The third-order valence-electron chi connectivity index (χ3n) is 3.06. The van der Waals surface area contributed by atoms with Gasteiger partial charge in [0.2, 0.25) is 0 Å². The summed E-state index contributed by atoms with van der Waals surface area (Å²) in [6.45, 7) is 13.4. The highest BCUT2D eigenvalue weighted by molar-refractivity contribution is 4.93. The molecule has 0 amide bonds. The lowest BCUT2D eigenvalue weighted by Crippen LogP contribution is -1.99. The van der Waals surface area contributed by atoms with Crippen molar-refractivity contribution in [3.8, 4) is 0 Å². The maximum atomic E-state index is 5.48. The van der Waals surface area contributed by atoms with E-state index in [1.54, 1.807) is 0 Å².